The fourth-order valence-electron chi connectivity index (χ4n) is 0.807. The Hall–Kier alpha value is -0.590. The second-order valence-electron chi connectivity index (χ2n) is 2.13. The molecule has 3 nitrogen and oxygen atoms in total. The van der Waals surface area contributed by atoms with Gasteiger partial charge in [-0.15, -0.1) is 0 Å². The molecule has 1 aliphatic heterocycles. The molecule has 1 unspecified atom stereocenters. The van der Waals surface area contributed by atoms with Crippen LogP contribution in [0.5, 0.6) is 0 Å². The maximum Gasteiger partial charge on any atom is 0.0965 e. The first-order valence-electron chi connectivity index (χ1n) is 3.11. The van der Waals surface area contributed by atoms with Gasteiger partial charge in [-0.05, 0) is 13.0 Å². The third-order valence-corrected chi connectivity index (χ3v) is 1.38. The number of nitrogens with one attached hydrogen (secondary N) is 1. The topological polar surface area (TPSA) is 45.0 Å². The molecule has 0 aromatic carbocycles. The smallest absolute Gasteiger partial charge is 0.0965 e. The van der Waals surface area contributed by atoms with Crippen molar-refractivity contribution in [3.05, 3.63) is 0 Å². The summed E-state index contributed by atoms with van der Waals surface area (Å²) in [5, 5.41) is 11.5. The van der Waals surface area contributed by atoms with Crippen LogP contribution < -0.4 is 5.32 Å². The van der Waals surface area contributed by atoms with Gasteiger partial charge in [0, 0.05) is 0 Å². The lowest BCUT2D eigenvalue weighted by atomic mass is 10.1. The van der Waals surface area contributed by atoms with Gasteiger partial charge < -0.3 is 4.74 Å². The van der Waals surface area contributed by atoms with Crippen molar-refractivity contribution in [3.8, 4) is 6.07 Å². The monoisotopic (exact) mass is 126 g/mol. The lowest BCUT2D eigenvalue weighted by molar-refractivity contribution is 0.118. The number of hydrogen-bond donors (Lipinski definition) is 1. The van der Waals surface area contributed by atoms with Crippen molar-refractivity contribution in [2.24, 2.45) is 5.92 Å². The predicted octanol–water partition coefficient (Wildman–Crippen LogP) is 0.0936. The second kappa shape index (κ2) is 3.44. The summed E-state index contributed by atoms with van der Waals surface area (Å²) in [6.07, 6.45) is 0.913. The van der Waals surface area contributed by atoms with Crippen LogP contribution in [0.4, 0.5) is 0 Å². The molecule has 0 aromatic heterocycles. The van der Waals surface area contributed by atoms with Crippen molar-refractivity contribution in [2.45, 2.75) is 6.42 Å². The SMILES string of the molecule is N#CC1CCNCOC1. The summed E-state index contributed by atoms with van der Waals surface area (Å²) in [5.41, 5.74) is 0. The number of hydrogen-bond acceptors (Lipinski definition) is 3. The van der Waals surface area contributed by atoms with Gasteiger partial charge in [-0.1, -0.05) is 0 Å². The summed E-state index contributed by atoms with van der Waals surface area (Å²) in [6.45, 7) is 2.08. The van der Waals surface area contributed by atoms with Gasteiger partial charge in [0.05, 0.1) is 25.3 Å². The molecular formula is C6H10N2O. The van der Waals surface area contributed by atoms with E-state index in [9.17, 15) is 0 Å². The molecule has 1 fully saturated rings. The summed E-state index contributed by atoms with van der Waals surface area (Å²) >= 11 is 0. The third kappa shape index (κ3) is 2.00. The zero-order valence-electron chi connectivity index (χ0n) is 5.26. The first kappa shape index (κ1) is 6.53. The molecule has 9 heavy (non-hydrogen) atoms. The van der Waals surface area contributed by atoms with Crippen molar-refractivity contribution < 1.29 is 4.74 Å². The summed E-state index contributed by atoms with van der Waals surface area (Å²) in [7, 11) is 0. The van der Waals surface area contributed by atoms with Crippen LogP contribution in [0, 0.1) is 17.2 Å². The molecule has 0 saturated carbocycles. The third-order valence-electron chi connectivity index (χ3n) is 1.38. The van der Waals surface area contributed by atoms with E-state index in [1.54, 1.807) is 0 Å². The molecule has 1 rings (SSSR count). The van der Waals surface area contributed by atoms with Crippen molar-refractivity contribution in [1.82, 2.24) is 5.32 Å². The molecule has 0 aromatic rings. The van der Waals surface area contributed by atoms with E-state index in [1.807, 2.05) is 0 Å². The highest BCUT2D eigenvalue weighted by Crippen LogP contribution is 2.02. The summed E-state index contributed by atoms with van der Waals surface area (Å²) in [4.78, 5) is 0. The minimum Gasteiger partial charge on any atom is -0.365 e. The first-order chi connectivity index (χ1) is 4.43. The molecule has 1 heterocycles. The van der Waals surface area contributed by atoms with Crippen LogP contribution >= 0.6 is 0 Å². The fourth-order valence-corrected chi connectivity index (χ4v) is 0.807. The van der Waals surface area contributed by atoms with Crippen LogP contribution in [0.3, 0.4) is 0 Å². The van der Waals surface area contributed by atoms with Gasteiger partial charge in [0.2, 0.25) is 0 Å². The van der Waals surface area contributed by atoms with Gasteiger partial charge in [-0.3, -0.25) is 5.32 Å². The van der Waals surface area contributed by atoms with Crippen LogP contribution in [-0.2, 0) is 4.74 Å². The maximum atomic E-state index is 8.46. The molecule has 1 saturated heterocycles. The lowest BCUT2D eigenvalue weighted by Gasteiger charge is -1.99. The lowest BCUT2D eigenvalue weighted by Crippen LogP contribution is -2.15. The zero-order chi connectivity index (χ0) is 6.53. The van der Waals surface area contributed by atoms with Crippen LogP contribution in [0.15, 0.2) is 0 Å². The van der Waals surface area contributed by atoms with Crippen LogP contribution in [0.2, 0.25) is 0 Å². The second-order valence-corrected chi connectivity index (χ2v) is 2.13. The molecule has 0 radical (unpaired) electrons. The van der Waals surface area contributed by atoms with E-state index < -0.39 is 0 Å². The van der Waals surface area contributed by atoms with E-state index in [-0.39, 0.29) is 5.92 Å². The molecule has 0 amide bonds. The van der Waals surface area contributed by atoms with E-state index in [0.717, 1.165) is 13.0 Å². The Morgan fingerprint density at radius 1 is 1.67 bits per heavy atom. The number of ether oxygens (including phenoxy) is 1. The molecule has 1 aliphatic rings. The first-order valence-corrected chi connectivity index (χ1v) is 3.11. The van der Waals surface area contributed by atoms with Crippen molar-refractivity contribution >= 4 is 0 Å². The largest absolute Gasteiger partial charge is 0.365 e. The van der Waals surface area contributed by atoms with Gasteiger partial charge in [0.1, 0.15) is 0 Å². The fraction of sp³-hybridized carbons (Fsp3) is 0.833. The molecule has 0 spiro atoms. The number of nitrogens with zero attached hydrogens (tertiary/aromatic N) is 1. The molecule has 1 N–H and O–H groups in total. The van der Waals surface area contributed by atoms with E-state index in [2.05, 4.69) is 11.4 Å². The Morgan fingerprint density at radius 2 is 2.56 bits per heavy atom. The molecule has 3 heteroatoms. The quantitative estimate of drug-likeness (QED) is 0.500. The highest BCUT2D eigenvalue weighted by molar-refractivity contribution is 4.83. The average molecular weight is 126 g/mol. The molecule has 50 valence electrons. The summed E-state index contributed by atoms with van der Waals surface area (Å²) in [5.74, 6) is 0.0972. The van der Waals surface area contributed by atoms with E-state index in [4.69, 9.17) is 10.00 Å². The Labute approximate surface area is 54.6 Å². The minimum absolute atomic E-state index is 0.0972. The van der Waals surface area contributed by atoms with Gasteiger partial charge in [-0.25, -0.2) is 0 Å². The van der Waals surface area contributed by atoms with Gasteiger partial charge in [0.15, 0.2) is 0 Å². The van der Waals surface area contributed by atoms with E-state index in [0.29, 0.717) is 13.3 Å². The average Bonchev–Trinajstić information content (AvgIpc) is 2.13. The Bertz CT molecular complexity index is 111. The summed E-state index contributed by atoms with van der Waals surface area (Å²) < 4.78 is 5.06. The normalized spacial score (nSPS) is 28.6. The van der Waals surface area contributed by atoms with Gasteiger partial charge in [-0.2, -0.15) is 5.26 Å². The van der Waals surface area contributed by atoms with E-state index >= 15 is 0 Å². The Balaban J connectivity index is 2.29. The Kier molecular flexibility index (Phi) is 2.49. The van der Waals surface area contributed by atoms with Gasteiger partial charge in [0.25, 0.3) is 0 Å². The predicted molar refractivity (Wildman–Crippen MR) is 32.5 cm³/mol. The molecule has 0 aliphatic carbocycles. The van der Waals surface area contributed by atoms with Crippen molar-refractivity contribution in [1.29, 1.82) is 5.26 Å². The van der Waals surface area contributed by atoms with Gasteiger partial charge >= 0.3 is 0 Å². The highest BCUT2D eigenvalue weighted by atomic mass is 16.5. The van der Waals surface area contributed by atoms with E-state index in [1.165, 1.54) is 0 Å². The van der Waals surface area contributed by atoms with Crippen LogP contribution in [-0.4, -0.2) is 19.9 Å². The highest BCUT2D eigenvalue weighted by Gasteiger charge is 2.09. The minimum atomic E-state index is 0.0972. The summed E-state index contributed by atoms with van der Waals surface area (Å²) in [6, 6.07) is 2.18. The number of nitriles is 1. The Morgan fingerprint density at radius 3 is 3.33 bits per heavy atom. The maximum absolute atomic E-state index is 8.46. The van der Waals surface area contributed by atoms with Crippen molar-refractivity contribution in [2.75, 3.05) is 19.9 Å². The standard InChI is InChI=1S/C6H10N2O/c7-3-6-1-2-8-5-9-4-6/h6,8H,1-2,4-5H2. The molecule has 1 atom stereocenters. The molecular weight excluding hydrogens is 116 g/mol. The number of rotatable bonds is 0. The molecule has 0 bridgehead atoms. The van der Waals surface area contributed by atoms with Crippen LogP contribution in [0.1, 0.15) is 6.42 Å². The van der Waals surface area contributed by atoms with Crippen molar-refractivity contribution in [3.63, 3.8) is 0 Å². The van der Waals surface area contributed by atoms with Crippen LogP contribution in [0.25, 0.3) is 0 Å². The zero-order valence-corrected chi connectivity index (χ0v) is 5.26.